The fourth-order valence-electron chi connectivity index (χ4n) is 2.99. The van der Waals surface area contributed by atoms with Crippen molar-refractivity contribution in [3.05, 3.63) is 53.2 Å². The van der Waals surface area contributed by atoms with E-state index >= 15 is 0 Å². The summed E-state index contributed by atoms with van der Waals surface area (Å²) in [4.78, 5) is 12.7. The molecular formula is C20H22N2O3. The number of hydrogen-bond acceptors (Lipinski definition) is 3. The fourth-order valence-corrected chi connectivity index (χ4v) is 2.99. The van der Waals surface area contributed by atoms with Crippen LogP contribution in [0.2, 0.25) is 0 Å². The van der Waals surface area contributed by atoms with Crippen molar-refractivity contribution >= 4 is 22.5 Å². The molecule has 2 aromatic carbocycles. The zero-order valence-electron chi connectivity index (χ0n) is 15.1. The lowest BCUT2D eigenvalue weighted by atomic mass is 10.1. The van der Waals surface area contributed by atoms with Gasteiger partial charge in [-0.1, -0.05) is 0 Å². The van der Waals surface area contributed by atoms with Crippen molar-refractivity contribution in [1.29, 1.82) is 0 Å². The highest BCUT2D eigenvalue weighted by Gasteiger charge is 2.14. The Morgan fingerprint density at radius 2 is 1.80 bits per heavy atom. The molecule has 3 aromatic rings. The van der Waals surface area contributed by atoms with Gasteiger partial charge < -0.3 is 19.4 Å². The average Bonchev–Trinajstić information content (AvgIpc) is 2.86. The van der Waals surface area contributed by atoms with E-state index in [-0.39, 0.29) is 5.91 Å². The number of nitrogens with one attached hydrogen (secondary N) is 1. The van der Waals surface area contributed by atoms with Crippen LogP contribution in [0.3, 0.4) is 0 Å². The Morgan fingerprint density at radius 1 is 1.04 bits per heavy atom. The number of benzene rings is 2. The lowest BCUT2D eigenvalue weighted by Crippen LogP contribution is -2.12. The molecule has 0 saturated carbocycles. The van der Waals surface area contributed by atoms with E-state index in [1.165, 1.54) is 11.3 Å². The Kier molecular flexibility index (Phi) is 4.40. The first-order chi connectivity index (χ1) is 12.0. The van der Waals surface area contributed by atoms with Crippen LogP contribution < -0.4 is 14.8 Å². The minimum atomic E-state index is -0.175. The van der Waals surface area contributed by atoms with Crippen molar-refractivity contribution in [3.63, 3.8) is 0 Å². The molecule has 0 unspecified atom stereocenters. The molecule has 1 aromatic heterocycles. The number of methoxy groups -OCH3 is 2. The largest absolute Gasteiger partial charge is 0.497 e. The van der Waals surface area contributed by atoms with Crippen molar-refractivity contribution < 1.29 is 14.3 Å². The van der Waals surface area contributed by atoms with Gasteiger partial charge in [0.05, 0.1) is 19.9 Å². The number of rotatable bonds is 4. The maximum Gasteiger partial charge on any atom is 0.255 e. The van der Waals surface area contributed by atoms with E-state index in [1.54, 1.807) is 32.4 Å². The summed E-state index contributed by atoms with van der Waals surface area (Å²) in [7, 11) is 5.19. The van der Waals surface area contributed by atoms with Crippen LogP contribution in [0.25, 0.3) is 10.9 Å². The smallest absolute Gasteiger partial charge is 0.255 e. The second kappa shape index (κ2) is 6.51. The highest BCUT2D eigenvalue weighted by molar-refractivity contribution is 6.07. The molecule has 1 heterocycles. The second-order valence-electron chi connectivity index (χ2n) is 6.02. The zero-order chi connectivity index (χ0) is 18.1. The molecule has 3 rings (SSSR count). The standard InChI is InChI=1S/C20H22N2O3/c1-12-13(2)22(3)18-9-6-14(10-16(12)18)20(23)21-17-8-7-15(24-4)11-19(17)25-5/h6-11H,1-5H3,(H,21,23). The van der Waals surface area contributed by atoms with Crippen LogP contribution in [-0.2, 0) is 7.05 Å². The van der Waals surface area contributed by atoms with Crippen LogP contribution in [0.1, 0.15) is 21.6 Å². The fraction of sp³-hybridized carbons (Fsp3) is 0.250. The molecule has 0 saturated heterocycles. The van der Waals surface area contributed by atoms with Gasteiger partial charge in [0.25, 0.3) is 5.91 Å². The molecule has 5 nitrogen and oxygen atoms in total. The van der Waals surface area contributed by atoms with Gasteiger partial charge in [0.15, 0.2) is 0 Å². The number of anilines is 1. The Hall–Kier alpha value is -2.95. The quantitative estimate of drug-likeness (QED) is 0.780. The first kappa shape index (κ1) is 16.9. The van der Waals surface area contributed by atoms with Gasteiger partial charge in [-0.05, 0) is 49.7 Å². The van der Waals surface area contributed by atoms with Crippen molar-refractivity contribution in [2.24, 2.45) is 7.05 Å². The van der Waals surface area contributed by atoms with Gasteiger partial charge in [-0.2, -0.15) is 0 Å². The molecule has 0 atom stereocenters. The molecule has 0 fully saturated rings. The van der Waals surface area contributed by atoms with Crippen LogP contribution in [-0.4, -0.2) is 24.7 Å². The zero-order valence-corrected chi connectivity index (χ0v) is 15.1. The van der Waals surface area contributed by atoms with Crippen LogP contribution >= 0.6 is 0 Å². The molecule has 25 heavy (non-hydrogen) atoms. The van der Waals surface area contributed by atoms with E-state index in [0.29, 0.717) is 22.7 Å². The van der Waals surface area contributed by atoms with Gasteiger partial charge >= 0.3 is 0 Å². The summed E-state index contributed by atoms with van der Waals surface area (Å²) in [6, 6.07) is 11.0. The Bertz CT molecular complexity index is 957. The average molecular weight is 338 g/mol. The van der Waals surface area contributed by atoms with Gasteiger partial charge in [-0.25, -0.2) is 0 Å². The molecule has 0 spiro atoms. The molecule has 0 aliphatic heterocycles. The van der Waals surface area contributed by atoms with Gasteiger partial charge in [-0.15, -0.1) is 0 Å². The normalized spacial score (nSPS) is 10.8. The first-order valence-corrected chi connectivity index (χ1v) is 8.05. The number of carbonyl (C=O) groups is 1. The second-order valence-corrected chi connectivity index (χ2v) is 6.02. The summed E-state index contributed by atoms with van der Waals surface area (Å²) in [5.41, 5.74) is 4.72. The molecule has 5 heteroatoms. The van der Waals surface area contributed by atoms with Crippen molar-refractivity contribution in [2.75, 3.05) is 19.5 Å². The Labute approximate surface area is 147 Å². The third kappa shape index (κ3) is 2.93. The number of aryl methyl sites for hydroxylation is 2. The molecular weight excluding hydrogens is 316 g/mol. The number of fused-ring (bicyclic) bond motifs is 1. The van der Waals surface area contributed by atoms with Gasteiger partial charge in [0, 0.05) is 35.3 Å². The van der Waals surface area contributed by atoms with Crippen molar-refractivity contribution in [1.82, 2.24) is 4.57 Å². The van der Waals surface area contributed by atoms with Gasteiger partial charge in [0.2, 0.25) is 0 Å². The molecule has 0 aliphatic rings. The summed E-state index contributed by atoms with van der Waals surface area (Å²) in [5.74, 6) is 1.05. The van der Waals surface area contributed by atoms with Crippen LogP contribution in [0.15, 0.2) is 36.4 Å². The van der Waals surface area contributed by atoms with E-state index < -0.39 is 0 Å². The third-order valence-electron chi connectivity index (χ3n) is 4.73. The van der Waals surface area contributed by atoms with Crippen LogP contribution in [0.4, 0.5) is 5.69 Å². The number of amides is 1. The number of nitrogens with zero attached hydrogens (tertiary/aromatic N) is 1. The number of ether oxygens (including phenoxy) is 2. The number of aromatic nitrogens is 1. The van der Waals surface area contributed by atoms with E-state index in [9.17, 15) is 4.79 Å². The lowest BCUT2D eigenvalue weighted by molar-refractivity contribution is 0.102. The number of hydrogen-bond donors (Lipinski definition) is 1. The van der Waals surface area contributed by atoms with E-state index in [0.717, 1.165) is 10.9 Å². The molecule has 0 bridgehead atoms. The van der Waals surface area contributed by atoms with Gasteiger partial charge in [-0.3, -0.25) is 4.79 Å². The molecule has 1 amide bonds. The predicted octanol–water partition coefficient (Wildman–Crippen LogP) is 4.06. The maximum absolute atomic E-state index is 12.7. The maximum atomic E-state index is 12.7. The van der Waals surface area contributed by atoms with E-state index in [2.05, 4.69) is 23.7 Å². The highest BCUT2D eigenvalue weighted by Crippen LogP contribution is 2.30. The monoisotopic (exact) mass is 338 g/mol. The molecule has 1 N–H and O–H groups in total. The summed E-state index contributed by atoms with van der Waals surface area (Å²) in [6.45, 7) is 4.16. The predicted molar refractivity (Wildman–Crippen MR) is 99.9 cm³/mol. The SMILES string of the molecule is COc1ccc(NC(=O)c2ccc3c(c2)c(C)c(C)n3C)c(OC)c1. The minimum absolute atomic E-state index is 0.175. The van der Waals surface area contributed by atoms with E-state index in [4.69, 9.17) is 9.47 Å². The lowest BCUT2D eigenvalue weighted by Gasteiger charge is -2.12. The summed E-state index contributed by atoms with van der Waals surface area (Å²) < 4.78 is 12.7. The summed E-state index contributed by atoms with van der Waals surface area (Å²) in [5, 5.41) is 4.00. The minimum Gasteiger partial charge on any atom is -0.497 e. The Morgan fingerprint density at radius 3 is 2.48 bits per heavy atom. The first-order valence-electron chi connectivity index (χ1n) is 8.05. The van der Waals surface area contributed by atoms with Gasteiger partial charge in [0.1, 0.15) is 11.5 Å². The van der Waals surface area contributed by atoms with Crippen LogP contribution in [0, 0.1) is 13.8 Å². The number of carbonyl (C=O) groups excluding carboxylic acids is 1. The summed E-state index contributed by atoms with van der Waals surface area (Å²) in [6.07, 6.45) is 0. The van der Waals surface area contributed by atoms with Crippen LogP contribution in [0.5, 0.6) is 11.5 Å². The summed E-state index contributed by atoms with van der Waals surface area (Å²) >= 11 is 0. The third-order valence-corrected chi connectivity index (χ3v) is 4.73. The van der Waals surface area contributed by atoms with Crippen molar-refractivity contribution in [3.8, 4) is 11.5 Å². The molecule has 0 radical (unpaired) electrons. The Balaban J connectivity index is 1.94. The van der Waals surface area contributed by atoms with Crippen molar-refractivity contribution in [2.45, 2.75) is 13.8 Å². The topological polar surface area (TPSA) is 52.5 Å². The molecule has 130 valence electrons. The van der Waals surface area contributed by atoms with E-state index in [1.807, 2.05) is 25.2 Å². The molecule has 0 aliphatic carbocycles. The highest BCUT2D eigenvalue weighted by atomic mass is 16.5.